The van der Waals surface area contributed by atoms with Gasteiger partial charge in [0.25, 0.3) is 0 Å². The van der Waals surface area contributed by atoms with Gasteiger partial charge in [-0.05, 0) is 0 Å². The fraction of sp³-hybridized carbons (Fsp3) is 1.00. The summed E-state index contributed by atoms with van der Waals surface area (Å²) >= 11 is 0. The van der Waals surface area contributed by atoms with Crippen molar-refractivity contribution in [2.75, 3.05) is 7.11 Å². The summed E-state index contributed by atoms with van der Waals surface area (Å²) < 4.78 is 55.9. The number of rotatable bonds is 1. The molecule has 0 spiro atoms. The first-order valence-corrected chi connectivity index (χ1v) is 3.09. The molecule has 0 rings (SSSR count). The predicted molar refractivity (Wildman–Crippen MR) is 29.1 cm³/mol. The van der Waals surface area contributed by atoms with Crippen molar-refractivity contribution in [3.8, 4) is 0 Å². The SMILES string of the molecule is COS(=O)(=O)C(F)(F)F.[LiH]. The Kier molecular flexibility index (Phi) is 4.68. The molecule has 10 heavy (non-hydrogen) atoms. The van der Waals surface area contributed by atoms with E-state index in [2.05, 4.69) is 4.18 Å². The van der Waals surface area contributed by atoms with Gasteiger partial charge in [-0.25, -0.2) is 0 Å². The van der Waals surface area contributed by atoms with Crippen LogP contribution in [0.4, 0.5) is 13.2 Å². The molecule has 0 aromatic carbocycles. The van der Waals surface area contributed by atoms with Gasteiger partial charge in [-0.3, -0.25) is 4.18 Å². The molecule has 8 heteroatoms. The van der Waals surface area contributed by atoms with Crippen LogP contribution in [-0.2, 0) is 14.3 Å². The van der Waals surface area contributed by atoms with E-state index in [1.54, 1.807) is 0 Å². The molecule has 0 heterocycles. The summed E-state index contributed by atoms with van der Waals surface area (Å²) in [6, 6.07) is 0. The van der Waals surface area contributed by atoms with Gasteiger partial charge in [0.15, 0.2) is 0 Å². The number of alkyl halides is 3. The zero-order valence-electron chi connectivity index (χ0n) is 4.27. The second kappa shape index (κ2) is 3.62. The molecule has 0 aliphatic heterocycles. The third-order valence-corrected chi connectivity index (χ3v) is 1.51. The maximum absolute atomic E-state index is 11.1. The molecular weight excluding hydrogens is 168 g/mol. The van der Waals surface area contributed by atoms with E-state index in [4.69, 9.17) is 0 Å². The third kappa shape index (κ3) is 2.92. The molecule has 0 fully saturated rings. The molecule has 0 radical (unpaired) electrons. The van der Waals surface area contributed by atoms with Crippen molar-refractivity contribution in [3.05, 3.63) is 0 Å². The molecule has 0 aliphatic rings. The van der Waals surface area contributed by atoms with Gasteiger partial charge in [-0.1, -0.05) is 0 Å². The Morgan fingerprint density at radius 3 is 1.60 bits per heavy atom. The Morgan fingerprint density at radius 1 is 1.30 bits per heavy atom. The molecule has 0 N–H and O–H groups in total. The fourth-order valence-corrected chi connectivity index (χ4v) is 0.283. The third-order valence-electron chi connectivity index (χ3n) is 0.503. The monoisotopic (exact) mass is 172 g/mol. The summed E-state index contributed by atoms with van der Waals surface area (Å²) in [6.07, 6.45) is 0. The van der Waals surface area contributed by atoms with Gasteiger partial charge in [0.1, 0.15) is 0 Å². The Bertz CT molecular complexity index is 182. The van der Waals surface area contributed by atoms with E-state index in [0.29, 0.717) is 7.11 Å². The molecule has 0 bridgehead atoms. The van der Waals surface area contributed by atoms with Gasteiger partial charge in [-0.2, -0.15) is 21.6 Å². The van der Waals surface area contributed by atoms with Crippen molar-refractivity contribution >= 4 is 29.0 Å². The van der Waals surface area contributed by atoms with Crippen molar-refractivity contribution in [3.63, 3.8) is 0 Å². The van der Waals surface area contributed by atoms with E-state index >= 15 is 0 Å². The van der Waals surface area contributed by atoms with Gasteiger partial charge in [0.2, 0.25) is 0 Å². The fourth-order valence-electron chi connectivity index (χ4n) is 0.0945. The predicted octanol–water partition coefficient (Wildman–Crippen LogP) is -0.166. The van der Waals surface area contributed by atoms with Crippen LogP contribution < -0.4 is 0 Å². The first-order chi connectivity index (χ1) is 3.81. The van der Waals surface area contributed by atoms with E-state index in [0.717, 1.165) is 0 Å². The summed E-state index contributed by atoms with van der Waals surface area (Å²) in [5.74, 6) is 0. The van der Waals surface area contributed by atoms with Gasteiger partial charge in [0, 0.05) is 0 Å². The quantitative estimate of drug-likeness (QED) is 0.313. The second-order valence-electron chi connectivity index (χ2n) is 1.07. The molecule has 0 aromatic rings. The van der Waals surface area contributed by atoms with Crippen molar-refractivity contribution in [2.45, 2.75) is 5.51 Å². The van der Waals surface area contributed by atoms with Crippen LogP contribution in [-0.4, -0.2) is 39.9 Å². The van der Waals surface area contributed by atoms with Crippen molar-refractivity contribution in [1.29, 1.82) is 0 Å². The first-order valence-electron chi connectivity index (χ1n) is 1.68. The Morgan fingerprint density at radius 2 is 1.60 bits per heavy atom. The van der Waals surface area contributed by atoms with Crippen molar-refractivity contribution < 1.29 is 25.8 Å². The summed E-state index contributed by atoms with van der Waals surface area (Å²) in [5, 5.41) is 0. The number of hydrogen-bond donors (Lipinski definition) is 0. The molecule has 0 aromatic heterocycles. The van der Waals surface area contributed by atoms with E-state index in [1.807, 2.05) is 0 Å². The standard InChI is InChI=1S/C2H3F3O3S.Li.H/c1-8-9(6,7)2(3,4)5;;/h1H3;;. The first kappa shape index (κ1) is 12.9. The van der Waals surface area contributed by atoms with E-state index in [-0.39, 0.29) is 18.9 Å². The Labute approximate surface area is 67.8 Å². The molecule has 0 aliphatic carbocycles. The summed E-state index contributed by atoms with van der Waals surface area (Å²) in [7, 11) is -4.89. The van der Waals surface area contributed by atoms with Crippen molar-refractivity contribution in [2.24, 2.45) is 0 Å². The van der Waals surface area contributed by atoms with Crippen LogP contribution in [0.15, 0.2) is 0 Å². The second-order valence-corrected chi connectivity index (χ2v) is 2.77. The van der Waals surface area contributed by atoms with Crippen LogP contribution in [0.25, 0.3) is 0 Å². The average molecular weight is 172 g/mol. The molecule has 0 atom stereocenters. The summed E-state index contributed by atoms with van der Waals surface area (Å²) in [6.45, 7) is 0. The molecule has 58 valence electrons. The summed E-state index contributed by atoms with van der Waals surface area (Å²) in [4.78, 5) is 0. The molecular formula is C2H4F3LiO3S. The van der Waals surface area contributed by atoms with Crippen LogP contribution >= 0.6 is 0 Å². The molecule has 0 saturated heterocycles. The van der Waals surface area contributed by atoms with Crippen LogP contribution in [0, 0.1) is 0 Å². The van der Waals surface area contributed by atoms with Gasteiger partial charge < -0.3 is 0 Å². The minimum absolute atomic E-state index is 0. The molecule has 0 amide bonds. The van der Waals surface area contributed by atoms with Gasteiger partial charge in [0.05, 0.1) is 7.11 Å². The van der Waals surface area contributed by atoms with Crippen molar-refractivity contribution in [1.82, 2.24) is 0 Å². The molecule has 0 unspecified atom stereocenters. The van der Waals surface area contributed by atoms with Crippen LogP contribution in [0.2, 0.25) is 0 Å². The maximum atomic E-state index is 11.1. The minimum atomic E-state index is -5.34. The zero-order valence-corrected chi connectivity index (χ0v) is 5.08. The topological polar surface area (TPSA) is 43.4 Å². The average Bonchev–Trinajstić information content (AvgIpc) is 1.64. The summed E-state index contributed by atoms with van der Waals surface area (Å²) in [5.41, 5.74) is -5.30. The van der Waals surface area contributed by atoms with Gasteiger partial charge >= 0.3 is 34.5 Å². The van der Waals surface area contributed by atoms with Gasteiger partial charge in [-0.15, -0.1) is 0 Å². The van der Waals surface area contributed by atoms with Crippen LogP contribution in [0.5, 0.6) is 0 Å². The zero-order chi connectivity index (χ0) is 7.71. The molecule has 0 saturated carbocycles. The van der Waals surface area contributed by atoms with Crippen LogP contribution in [0.3, 0.4) is 0 Å². The normalized spacial score (nSPS) is 12.4. The Balaban J connectivity index is 0. The number of halogens is 3. The van der Waals surface area contributed by atoms with Crippen LogP contribution in [0.1, 0.15) is 0 Å². The van der Waals surface area contributed by atoms with E-state index < -0.39 is 15.6 Å². The Hall–Kier alpha value is 0.297. The van der Waals surface area contributed by atoms with E-state index in [9.17, 15) is 21.6 Å². The van der Waals surface area contributed by atoms with E-state index in [1.165, 1.54) is 0 Å². The number of hydrogen-bond acceptors (Lipinski definition) is 3. The molecule has 3 nitrogen and oxygen atoms in total.